The van der Waals surface area contributed by atoms with Crippen LogP contribution in [0.25, 0.3) is 0 Å². The summed E-state index contributed by atoms with van der Waals surface area (Å²) in [5, 5.41) is 0. The van der Waals surface area contributed by atoms with Crippen LogP contribution in [-0.4, -0.2) is 59.5 Å². The normalized spacial score (nSPS) is 21.1. The van der Waals surface area contributed by atoms with Gasteiger partial charge in [-0.25, -0.2) is 4.79 Å². The molecule has 1 saturated heterocycles. The minimum absolute atomic E-state index is 0.148. The number of carbonyl (C=O) groups excluding carboxylic acids is 2. The van der Waals surface area contributed by atoms with Crippen molar-refractivity contribution in [2.24, 2.45) is 0 Å². The van der Waals surface area contributed by atoms with Crippen LogP contribution in [0.1, 0.15) is 59.3 Å². The van der Waals surface area contributed by atoms with E-state index in [1.165, 1.54) is 12.8 Å². The van der Waals surface area contributed by atoms with E-state index in [-0.39, 0.29) is 12.1 Å². The van der Waals surface area contributed by atoms with E-state index >= 15 is 0 Å². The van der Waals surface area contributed by atoms with Crippen molar-refractivity contribution in [1.82, 2.24) is 9.80 Å². The predicted octanol–water partition coefficient (Wildman–Crippen LogP) is 2.83. The van der Waals surface area contributed by atoms with E-state index in [0.29, 0.717) is 25.2 Å². The number of hydrogen-bond donors (Lipinski definition) is 0. The van der Waals surface area contributed by atoms with Crippen LogP contribution in [0, 0.1) is 0 Å². The minimum atomic E-state index is -0.479. The molecular formula is C17H30N2O3. The van der Waals surface area contributed by atoms with Gasteiger partial charge in [-0.3, -0.25) is 4.79 Å². The molecule has 2 aliphatic rings. The molecule has 1 amide bonds. The highest BCUT2D eigenvalue weighted by Gasteiger charge is 2.31. The van der Waals surface area contributed by atoms with Crippen LogP contribution in [0.15, 0.2) is 0 Å². The van der Waals surface area contributed by atoms with Crippen LogP contribution >= 0.6 is 0 Å². The Balaban J connectivity index is 1.95. The van der Waals surface area contributed by atoms with Crippen LogP contribution in [0.2, 0.25) is 0 Å². The molecule has 1 aliphatic heterocycles. The van der Waals surface area contributed by atoms with E-state index in [0.717, 1.165) is 32.5 Å². The van der Waals surface area contributed by atoms with Gasteiger partial charge >= 0.3 is 6.09 Å². The molecule has 0 unspecified atom stereocenters. The van der Waals surface area contributed by atoms with E-state index in [4.69, 9.17) is 4.74 Å². The number of ketones is 1. The van der Waals surface area contributed by atoms with Crippen molar-refractivity contribution >= 4 is 11.9 Å². The Morgan fingerprint density at radius 3 is 2.36 bits per heavy atom. The molecule has 126 valence electrons. The molecule has 0 aromatic rings. The average molecular weight is 310 g/mol. The second-order valence-corrected chi connectivity index (χ2v) is 7.49. The Morgan fingerprint density at radius 1 is 1.23 bits per heavy atom. The number of Topliss-reactive ketones (excluding diaryl/α,β-unsaturated/α-hetero) is 1. The summed E-state index contributed by atoms with van der Waals surface area (Å²) in [6.45, 7) is 9.56. The molecule has 22 heavy (non-hydrogen) atoms. The fraction of sp³-hybridized carbons (Fsp3) is 0.882. The zero-order valence-corrected chi connectivity index (χ0v) is 14.3. The molecule has 1 saturated carbocycles. The first kappa shape index (κ1) is 17.3. The molecule has 1 heterocycles. The summed E-state index contributed by atoms with van der Waals surface area (Å²) in [6.07, 6.45) is 5.01. The lowest BCUT2D eigenvalue weighted by Gasteiger charge is -2.36. The molecule has 0 atom stereocenters. The highest BCUT2D eigenvalue weighted by Crippen LogP contribution is 2.23. The third-order valence-electron chi connectivity index (χ3n) is 4.44. The number of hydrogen-bond acceptors (Lipinski definition) is 4. The van der Waals surface area contributed by atoms with Crippen molar-refractivity contribution in [2.45, 2.75) is 70.9 Å². The van der Waals surface area contributed by atoms with E-state index in [1.54, 1.807) is 0 Å². The fourth-order valence-corrected chi connectivity index (χ4v) is 3.24. The number of rotatable bonds is 4. The highest BCUT2D eigenvalue weighted by molar-refractivity contribution is 5.79. The summed E-state index contributed by atoms with van der Waals surface area (Å²) in [6, 6.07) is 0.148. The van der Waals surface area contributed by atoms with Crippen LogP contribution < -0.4 is 0 Å². The molecule has 2 fully saturated rings. The lowest BCUT2D eigenvalue weighted by molar-refractivity contribution is -0.121. The third-order valence-corrected chi connectivity index (χ3v) is 4.44. The largest absolute Gasteiger partial charge is 0.444 e. The van der Waals surface area contributed by atoms with E-state index < -0.39 is 5.60 Å². The maximum absolute atomic E-state index is 12.5. The quantitative estimate of drug-likeness (QED) is 0.801. The van der Waals surface area contributed by atoms with Crippen molar-refractivity contribution in [1.29, 1.82) is 0 Å². The van der Waals surface area contributed by atoms with E-state index in [9.17, 15) is 9.59 Å². The van der Waals surface area contributed by atoms with Gasteiger partial charge in [0.25, 0.3) is 0 Å². The Labute approximate surface area is 134 Å². The van der Waals surface area contributed by atoms with E-state index in [2.05, 4.69) is 4.90 Å². The minimum Gasteiger partial charge on any atom is -0.444 e. The second kappa shape index (κ2) is 7.44. The van der Waals surface area contributed by atoms with Crippen molar-refractivity contribution in [3.63, 3.8) is 0 Å². The SMILES string of the molecule is CC(C)(C)OC(=O)N(CCN1CCCC1)C1CCC(=O)CC1. The first-order valence-electron chi connectivity index (χ1n) is 8.59. The first-order chi connectivity index (χ1) is 10.3. The lowest BCUT2D eigenvalue weighted by atomic mass is 9.93. The predicted molar refractivity (Wildman–Crippen MR) is 85.9 cm³/mol. The molecule has 0 spiro atoms. The first-order valence-corrected chi connectivity index (χ1v) is 8.59. The fourth-order valence-electron chi connectivity index (χ4n) is 3.24. The number of amides is 1. The monoisotopic (exact) mass is 310 g/mol. The van der Waals surface area contributed by atoms with Crippen molar-refractivity contribution < 1.29 is 14.3 Å². The van der Waals surface area contributed by atoms with Gasteiger partial charge in [0.2, 0.25) is 0 Å². The zero-order valence-electron chi connectivity index (χ0n) is 14.3. The van der Waals surface area contributed by atoms with Gasteiger partial charge in [-0.15, -0.1) is 0 Å². The molecule has 0 radical (unpaired) electrons. The van der Waals surface area contributed by atoms with E-state index in [1.807, 2.05) is 25.7 Å². The second-order valence-electron chi connectivity index (χ2n) is 7.49. The molecule has 1 aliphatic carbocycles. The van der Waals surface area contributed by atoms with Crippen molar-refractivity contribution in [3.05, 3.63) is 0 Å². The highest BCUT2D eigenvalue weighted by atomic mass is 16.6. The maximum Gasteiger partial charge on any atom is 0.410 e. The molecule has 5 nitrogen and oxygen atoms in total. The van der Waals surface area contributed by atoms with Crippen LogP contribution in [-0.2, 0) is 9.53 Å². The molecule has 0 aromatic heterocycles. The summed E-state index contributed by atoms with van der Waals surface area (Å²) >= 11 is 0. The number of ether oxygens (including phenoxy) is 1. The Kier molecular flexibility index (Phi) is 5.84. The van der Waals surface area contributed by atoms with Gasteiger partial charge in [0.15, 0.2) is 0 Å². The summed E-state index contributed by atoms with van der Waals surface area (Å²) in [5.41, 5.74) is -0.479. The topological polar surface area (TPSA) is 49.9 Å². The Bertz CT molecular complexity index is 387. The zero-order chi connectivity index (χ0) is 16.2. The summed E-state index contributed by atoms with van der Waals surface area (Å²) in [7, 11) is 0. The van der Waals surface area contributed by atoms with Crippen LogP contribution in [0.3, 0.4) is 0 Å². The Morgan fingerprint density at radius 2 is 1.82 bits per heavy atom. The molecule has 0 bridgehead atoms. The van der Waals surface area contributed by atoms with Gasteiger partial charge in [0, 0.05) is 32.0 Å². The third kappa shape index (κ3) is 5.27. The van der Waals surface area contributed by atoms with Gasteiger partial charge in [-0.05, 0) is 59.5 Å². The summed E-state index contributed by atoms with van der Waals surface area (Å²) in [5.74, 6) is 0.319. The molecule has 2 rings (SSSR count). The molecule has 0 N–H and O–H groups in total. The number of carbonyl (C=O) groups is 2. The standard InChI is InChI=1S/C17H30N2O3/c1-17(2,3)22-16(21)19(13-12-18-10-4-5-11-18)14-6-8-15(20)9-7-14/h14H,4-13H2,1-3H3. The van der Waals surface area contributed by atoms with Crippen LogP contribution in [0.5, 0.6) is 0 Å². The smallest absolute Gasteiger partial charge is 0.410 e. The summed E-state index contributed by atoms with van der Waals surface area (Å²) in [4.78, 5) is 28.3. The average Bonchev–Trinajstić information content (AvgIpc) is 2.92. The number of likely N-dealkylation sites (tertiary alicyclic amines) is 1. The molecule has 5 heteroatoms. The van der Waals surface area contributed by atoms with Gasteiger partial charge in [-0.2, -0.15) is 0 Å². The molecule has 0 aromatic carbocycles. The van der Waals surface area contributed by atoms with Crippen molar-refractivity contribution in [2.75, 3.05) is 26.2 Å². The van der Waals surface area contributed by atoms with Gasteiger partial charge in [-0.1, -0.05) is 0 Å². The van der Waals surface area contributed by atoms with Gasteiger partial charge in [0.1, 0.15) is 11.4 Å². The Hall–Kier alpha value is -1.10. The lowest BCUT2D eigenvalue weighted by Crippen LogP contribution is -2.47. The molecular weight excluding hydrogens is 280 g/mol. The summed E-state index contributed by atoms with van der Waals surface area (Å²) < 4.78 is 5.58. The van der Waals surface area contributed by atoms with Gasteiger partial charge < -0.3 is 14.5 Å². The maximum atomic E-state index is 12.5. The van der Waals surface area contributed by atoms with Gasteiger partial charge in [0.05, 0.1) is 0 Å². The number of nitrogens with zero attached hydrogens (tertiary/aromatic N) is 2. The van der Waals surface area contributed by atoms with Crippen molar-refractivity contribution in [3.8, 4) is 0 Å². The van der Waals surface area contributed by atoms with Crippen LogP contribution in [0.4, 0.5) is 4.79 Å².